The highest BCUT2D eigenvalue weighted by molar-refractivity contribution is 6.74. The van der Waals surface area contributed by atoms with Gasteiger partial charge in [-0.05, 0) is 37.6 Å². The molecule has 0 bridgehead atoms. The molecule has 3 heteroatoms. The highest BCUT2D eigenvalue weighted by Crippen LogP contribution is 2.36. The Morgan fingerprint density at radius 2 is 1.87 bits per heavy atom. The number of hydrogen-bond acceptors (Lipinski definition) is 2. The van der Waals surface area contributed by atoms with Gasteiger partial charge in [0, 0.05) is 6.61 Å². The molecule has 0 rings (SSSR count). The van der Waals surface area contributed by atoms with Crippen LogP contribution in [0.3, 0.4) is 0 Å². The van der Waals surface area contributed by atoms with E-state index in [0.717, 1.165) is 13.0 Å². The Morgan fingerprint density at radius 1 is 1.33 bits per heavy atom. The molecule has 0 unspecified atom stereocenters. The summed E-state index contributed by atoms with van der Waals surface area (Å²) in [7, 11) is -1.60. The molecular formula is C12H24O2Si. The molecule has 0 radical (unpaired) electrons. The summed E-state index contributed by atoms with van der Waals surface area (Å²) in [6, 6.07) is 0. The number of ketones is 1. The van der Waals surface area contributed by atoms with Crippen LogP contribution in [0.1, 0.15) is 34.1 Å². The minimum atomic E-state index is -1.60. The zero-order valence-electron chi connectivity index (χ0n) is 10.9. The van der Waals surface area contributed by atoms with E-state index in [9.17, 15) is 4.79 Å². The second-order valence-electron chi connectivity index (χ2n) is 5.41. The summed E-state index contributed by atoms with van der Waals surface area (Å²) < 4.78 is 5.95. The van der Waals surface area contributed by atoms with E-state index in [-0.39, 0.29) is 10.8 Å². The van der Waals surface area contributed by atoms with Gasteiger partial charge < -0.3 is 4.43 Å². The third kappa shape index (κ3) is 5.90. The summed E-state index contributed by atoms with van der Waals surface area (Å²) in [4.78, 5) is 10.6. The number of allylic oxidation sites excluding steroid dienone is 1. The lowest BCUT2D eigenvalue weighted by atomic mass is 10.2. The van der Waals surface area contributed by atoms with E-state index in [2.05, 4.69) is 33.9 Å². The fraction of sp³-hybridized carbons (Fsp3) is 0.750. The lowest BCUT2D eigenvalue weighted by molar-refractivity contribution is -0.112. The van der Waals surface area contributed by atoms with Crippen molar-refractivity contribution in [2.75, 3.05) is 6.61 Å². The van der Waals surface area contributed by atoms with Crippen molar-refractivity contribution in [2.24, 2.45) is 0 Å². The lowest BCUT2D eigenvalue weighted by Crippen LogP contribution is -2.40. The summed E-state index contributed by atoms with van der Waals surface area (Å²) in [6.45, 7) is 13.4. The molecule has 0 aliphatic rings. The molecule has 2 nitrogen and oxygen atoms in total. The van der Waals surface area contributed by atoms with Crippen LogP contribution in [0.2, 0.25) is 18.1 Å². The molecule has 0 aliphatic carbocycles. The third-order valence-electron chi connectivity index (χ3n) is 2.91. The quantitative estimate of drug-likeness (QED) is 0.409. The molecule has 0 aromatic carbocycles. The smallest absolute Gasteiger partial charge is 0.191 e. The van der Waals surface area contributed by atoms with Crippen LogP contribution in [-0.4, -0.2) is 20.7 Å². The van der Waals surface area contributed by atoms with Gasteiger partial charge in [0.2, 0.25) is 0 Å². The molecule has 0 amide bonds. The van der Waals surface area contributed by atoms with Gasteiger partial charge in [-0.15, -0.1) is 0 Å². The highest BCUT2D eigenvalue weighted by atomic mass is 28.4. The summed E-state index contributed by atoms with van der Waals surface area (Å²) in [5.74, 6) is 0.0994. The molecule has 0 heterocycles. The molecular weight excluding hydrogens is 204 g/mol. The van der Waals surface area contributed by atoms with Crippen molar-refractivity contribution in [3.63, 3.8) is 0 Å². The predicted molar refractivity (Wildman–Crippen MR) is 67.6 cm³/mol. The molecule has 0 spiro atoms. The van der Waals surface area contributed by atoms with Crippen molar-refractivity contribution in [3.05, 3.63) is 12.2 Å². The number of rotatable bonds is 5. The SMILES string of the molecule is CC(=O)/C=C/CCO[Si](C)(C)C(C)(C)C. The van der Waals surface area contributed by atoms with E-state index in [1.54, 1.807) is 13.0 Å². The Balaban J connectivity index is 3.91. The van der Waals surface area contributed by atoms with Crippen LogP contribution >= 0.6 is 0 Å². The lowest BCUT2D eigenvalue weighted by Gasteiger charge is -2.36. The molecule has 0 saturated carbocycles. The first-order valence-corrected chi connectivity index (χ1v) is 8.39. The molecule has 0 aromatic heterocycles. The Morgan fingerprint density at radius 3 is 2.27 bits per heavy atom. The highest BCUT2D eigenvalue weighted by Gasteiger charge is 2.36. The summed E-state index contributed by atoms with van der Waals surface area (Å²) in [5.41, 5.74) is 0. The van der Waals surface area contributed by atoms with Gasteiger partial charge in [-0.3, -0.25) is 4.79 Å². The first-order chi connectivity index (χ1) is 6.67. The maximum absolute atomic E-state index is 10.6. The molecule has 15 heavy (non-hydrogen) atoms. The van der Waals surface area contributed by atoms with Crippen LogP contribution in [0.25, 0.3) is 0 Å². The molecule has 0 aromatic rings. The fourth-order valence-electron chi connectivity index (χ4n) is 0.848. The van der Waals surface area contributed by atoms with Crippen LogP contribution in [0.15, 0.2) is 12.2 Å². The topological polar surface area (TPSA) is 26.3 Å². The molecule has 0 saturated heterocycles. The van der Waals surface area contributed by atoms with Gasteiger partial charge in [-0.1, -0.05) is 26.8 Å². The van der Waals surface area contributed by atoms with E-state index in [0.29, 0.717) is 0 Å². The van der Waals surface area contributed by atoms with Crippen LogP contribution < -0.4 is 0 Å². The molecule has 0 aliphatic heterocycles. The fourth-order valence-corrected chi connectivity index (χ4v) is 1.91. The van der Waals surface area contributed by atoms with Gasteiger partial charge in [-0.25, -0.2) is 0 Å². The van der Waals surface area contributed by atoms with E-state index in [1.165, 1.54) is 0 Å². The first-order valence-electron chi connectivity index (χ1n) is 5.48. The minimum Gasteiger partial charge on any atom is -0.417 e. The van der Waals surface area contributed by atoms with Gasteiger partial charge in [0.05, 0.1) is 0 Å². The summed E-state index contributed by atoms with van der Waals surface area (Å²) >= 11 is 0. The van der Waals surface area contributed by atoms with E-state index in [4.69, 9.17) is 4.43 Å². The first kappa shape index (κ1) is 14.6. The summed E-state index contributed by atoms with van der Waals surface area (Å²) in [5, 5.41) is 0.261. The number of carbonyl (C=O) groups is 1. The van der Waals surface area contributed by atoms with Crippen molar-refractivity contribution in [3.8, 4) is 0 Å². The van der Waals surface area contributed by atoms with Gasteiger partial charge in [0.1, 0.15) is 0 Å². The average molecular weight is 228 g/mol. The molecule has 0 atom stereocenters. The molecule has 0 N–H and O–H groups in total. The third-order valence-corrected chi connectivity index (χ3v) is 7.44. The van der Waals surface area contributed by atoms with Crippen LogP contribution in [0.4, 0.5) is 0 Å². The Labute approximate surface area is 94.8 Å². The second-order valence-corrected chi connectivity index (χ2v) is 10.2. The van der Waals surface area contributed by atoms with Crippen LogP contribution in [0, 0.1) is 0 Å². The molecule has 88 valence electrons. The van der Waals surface area contributed by atoms with E-state index < -0.39 is 8.32 Å². The van der Waals surface area contributed by atoms with Crippen molar-refractivity contribution < 1.29 is 9.22 Å². The van der Waals surface area contributed by atoms with Crippen molar-refractivity contribution in [1.29, 1.82) is 0 Å². The van der Waals surface area contributed by atoms with Gasteiger partial charge in [-0.2, -0.15) is 0 Å². The Bertz CT molecular complexity index is 236. The van der Waals surface area contributed by atoms with Gasteiger partial charge >= 0.3 is 0 Å². The van der Waals surface area contributed by atoms with E-state index in [1.807, 2.05) is 6.08 Å². The number of hydrogen-bond donors (Lipinski definition) is 0. The minimum absolute atomic E-state index is 0.0994. The van der Waals surface area contributed by atoms with Gasteiger partial charge in [0.15, 0.2) is 14.1 Å². The normalized spacial score (nSPS) is 13.5. The Kier molecular flexibility index (Phi) is 5.46. The number of carbonyl (C=O) groups excluding carboxylic acids is 1. The largest absolute Gasteiger partial charge is 0.417 e. The van der Waals surface area contributed by atoms with Crippen LogP contribution in [-0.2, 0) is 9.22 Å². The monoisotopic (exact) mass is 228 g/mol. The zero-order chi connectivity index (χ0) is 12.1. The maximum atomic E-state index is 10.6. The average Bonchev–Trinajstić information content (AvgIpc) is 2.00. The second kappa shape index (κ2) is 5.61. The Hall–Kier alpha value is -0.413. The predicted octanol–water partition coefficient (Wildman–Crippen LogP) is 3.54. The van der Waals surface area contributed by atoms with E-state index >= 15 is 0 Å². The van der Waals surface area contributed by atoms with Crippen molar-refractivity contribution >= 4 is 14.1 Å². The van der Waals surface area contributed by atoms with Gasteiger partial charge in [0.25, 0.3) is 0 Å². The maximum Gasteiger partial charge on any atom is 0.191 e. The molecule has 0 fully saturated rings. The summed E-state index contributed by atoms with van der Waals surface area (Å²) in [6.07, 6.45) is 4.32. The van der Waals surface area contributed by atoms with Crippen molar-refractivity contribution in [1.82, 2.24) is 0 Å². The zero-order valence-corrected chi connectivity index (χ0v) is 11.9. The van der Waals surface area contributed by atoms with Crippen LogP contribution in [0.5, 0.6) is 0 Å². The standard InChI is InChI=1S/C12H24O2Si/c1-11(13)9-7-8-10-14-15(5,6)12(2,3)4/h7,9H,8,10H2,1-6H3/b9-7+. The van der Waals surface area contributed by atoms with Crippen molar-refractivity contribution in [2.45, 2.75) is 52.2 Å².